The maximum absolute atomic E-state index is 11.0. The minimum Gasteiger partial charge on any atom is -0.462 e. The molecule has 0 atom stereocenters. The van der Waals surface area contributed by atoms with E-state index >= 15 is 0 Å². The third-order valence-corrected chi connectivity index (χ3v) is 2.20. The number of anilines is 1. The molecule has 0 aromatic carbocycles. The van der Waals surface area contributed by atoms with E-state index in [1.54, 1.807) is 5.38 Å². The van der Waals surface area contributed by atoms with Gasteiger partial charge in [-0.3, -0.25) is 0 Å². The third kappa shape index (κ3) is 4.66. The van der Waals surface area contributed by atoms with Crippen LogP contribution >= 0.6 is 11.3 Å². The summed E-state index contributed by atoms with van der Waals surface area (Å²) in [5.41, 5.74) is 5.88. The van der Waals surface area contributed by atoms with Crippen LogP contribution in [0.3, 0.4) is 0 Å². The highest BCUT2D eigenvalue weighted by Crippen LogP contribution is 2.21. The molecule has 0 amide bonds. The highest BCUT2D eigenvalue weighted by molar-refractivity contribution is 7.13. The first-order chi connectivity index (χ1) is 9.20. The number of carbonyl (C=O) groups is 1. The number of aromatic nitrogens is 3. The number of carbonyl (C=O) groups excluding carboxylic acids is 1. The predicted molar refractivity (Wildman–Crippen MR) is 73.9 cm³/mol. The molecule has 2 N–H and O–H groups in total. The Kier molecular flexibility index (Phi) is 8.10. The van der Waals surface area contributed by atoms with Gasteiger partial charge < -0.3 is 14.9 Å². The van der Waals surface area contributed by atoms with Gasteiger partial charge in [0.15, 0.2) is 5.13 Å². The molecule has 2 aromatic heterocycles. The van der Waals surface area contributed by atoms with Crippen LogP contribution in [0.1, 0.15) is 38.4 Å². The summed E-state index contributed by atoms with van der Waals surface area (Å²) < 4.78 is 9.44. The zero-order chi connectivity index (χ0) is 14.8. The van der Waals surface area contributed by atoms with Crippen LogP contribution in [0, 0.1) is 0 Å². The van der Waals surface area contributed by atoms with Crippen molar-refractivity contribution in [3.63, 3.8) is 0 Å². The number of nitrogen functional groups attached to an aromatic ring is 1. The van der Waals surface area contributed by atoms with Crippen LogP contribution < -0.4 is 5.73 Å². The number of nitrogens with zero attached hydrogens (tertiary/aromatic N) is 3. The number of thiazole rings is 1. The van der Waals surface area contributed by atoms with Gasteiger partial charge >= 0.3 is 11.9 Å². The van der Waals surface area contributed by atoms with Crippen LogP contribution in [0.25, 0.3) is 11.6 Å². The average molecular weight is 286 g/mol. The van der Waals surface area contributed by atoms with Crippen molar-refractivity contribution in [2.45, 2.75) is 27.7 Å². The second kappa shape index (κ2) is 9.03. The number of methoxy groups -OCH3 is 1. The summed E-state index contributed by atoms with van der Waals surface area (Å²) in [6.07, 6.45) is 0. The summed E-state index contributed by atoms with van der Waals surface area (Å²) in [5.74, 6) is -0.751. The van der Waals surface area contributed by atoms with Gasteiger partial charge in [0.2, 0.25) is 0 Å². The fraction of sp³-hybridized carbons (Fsp3) is 0.455. The lowest BCUT2D eigenvalue weighted by molar-refractivity contribution is 0.0556. The van der Waals surface area contributed by atoms with Crippen LogP contribution in [-0.2, 0) is 4.74 Å². The molecule has 106 valence electrons. The highest BCUT2D eigenvalue weighted by Gasteiger charge is 2.17. The minimum atomic E-state index is -0.683. The zero-order valence-corrected chi connectivity index (χ0v) is 12.4. The Balaban J connectivity index is 0.000000741. The van der Waals surface area contributed by atoms with Gasteiger partial charge in [-0.05, 0) is 0 Å². The normalized spacial score (nSPS) is 8.68. The van der Waals surface area contributed by atoms with Crippen molar-refractivity contribution < 1.29 is 13.9 Å². The smallest absolute Gasteiger partial charge is 0.396 e. The lowest BCUT2D eigenvalue weighted by Crippen LogP contribution is -2.00. The number of esters is 1. The molecule has 0 radical (unpaired) electrons. The molecule has 8 heteroatoms. The van der Waals surface area contributed by atoms with Crippen molar-refractivity contribution in [2.24, 2.45) is 0 Å². The van der Waals surface area contributed by atoms with E-state index in [4.69, 9.17) is 10.2 Å². The Labute approximate surface area is 115 Å². The summed E-state index contributed by atoms with van der Waals surface area (Å²) in [6, 6.07) is 0. The SMILES string of the molecule is CC.CC.COC(=O)c1nnc(-c2csc(N)n2)o1. The monoisotopic (exact) mass is 286 g/mol. The van der Waals surface area contributed by atoms with E-state index in [1.807, 2.05) is 27.7 Å². The molecule has 7 nitrogen and oxygen atoms in total. The molecule has 0 saturated carbocycles. The van der Waals surface area contributed by atoms with Crippen LogP contribution in [0.4, 0.5) is 5.13 Å². The first-order valence-corrected chi connectivity index (χ1v) is 6.72. The van der Waals surface area contributed by atoms with Gasteiger partial charge in [0.05, 0.1) is 7.11 Å². The van der Waals surface area contributed by atoms with Crippen molar-refractivity contribution >= 4 is 22.4 Å². The molecule has 0 bridgehead atoms. The highest BCUT2D eigenvalue weighted by atomic mass is 32.1. The van der Waals surface area contributed by atoms with E-state index in [-0.39, 0.29) is 11.8 Å². The molecule has 0 unspecified atom stereocenters. The van der Waals surface area contributed by atoms with Gasteiger partial charge in [-0.25, -0.2) is 9.78 Å². The topological polar surface area (TPSA) is 104 Å². The summed E-state index contributed by atoms with van der Waals surface area (Å²) in [4.78, 5) is 14.9. The first-order valence-electron chi connectivity index (χ1n) is 5.84. The lowest BCUT2D eigenvalue weighted by Gasteiger charge is -1.89. The van der Waals surface area contributed by atoms with Crippen LogP contribution in [0.15, 0.2) is 9.80 Å². The van der Waals surface area contributed by atoms with E-state index in [9.17, 15) is 4.79 Å². The fourth-order valence-electron chi connectivity index (χ4n) is 0.882. The van der Waals surface area contributed by atoms with Crippen LogP contribution in [-0.4, -0.2) is 28.3 Å². The summed E-state index contributed by atoms with van der Waals surface area (Å²) in [5, 5.41) is 9.19. The van der Waals surface area contributed by atoms with E-state index in [0.29, 0.717) is 10.8 Å². The van der Waals surface area contributed by atoms with Gasteiger partial charge in [0.25, 0.3) is 5.89 Å². The molecule has 2 aromatic rings. The third-order valence-electron chi connectivity index (χ3n) is 1.53. The van der Waals surface area contributed by atoms with E-state index in [1.165, 1.54) is 18.4 Å². The molecule has 0 aliphatic rings. The molecular formula is C11H18N4O3S. The molecule has 2 rings (SSSR count). The Hall–Kier alpha value is -1.96. The molecule has 19 heavy (non-hydrogen) atoms. The quantitative estimate of drug-likeness (QED) is 0.846. The molecule has 0 aliphatic carbocycles. The maximum Gasteiger partial charge on any atom is 0.396 e. The summed E-state index contributed by atoms with van der Waals surface area (Å²) >= 11 is 1.25. The second-order valence-corrected chi connectivity index (χ2v) is 3.36. The second-order valence-electron chi connectivity index (χ2n) is 2.47. The van der Waals surface area contributed by atoms with Crippen LogP contribution in [0.2, 0.25) is 0 Å². The van der Waals surface area contributed by atoms with Crippen molar-refractivity contribution in [2.75, 3.05) is 12.8 Å². The molecule has 0 fully saturated rings. The van der Waals surface area contributed by atoms with Crippen molar-refractivity contribution in [3.05, 3.63) is 11.3 Å². The number of hydrogen-bond acceptors (Lipinski definition) is 8. The van der Waals surface area contributed by atoms with Crippen LogP contribution in [0.5, 0.6) is 0 Å². The van der Waals surface area contributed by atoms with Gasteiger partial charge in [0.1, 0.15) is 5.69 Å². The van der Waals surface area contributed by atoms with E-state index in [2.05, 4.69) is 19.9 Å². The lowest BCUT2D eigenvalue weighted by atomic mass is 10.5. The summed E-state index contributed by atoms with van der Waals surface area (Å²) in [6.45, 7) is 8.00. The number of hydrogen-bond donors (Lipinski definition) is 1. The predicted octanol–water partition coefficient (Wildman–Crippen LogP) is 2.61. The van der Waals surface area contributed by atoms with Gasteiger partial charge in [-0.2, -0.15) is 0 Å². The Morgan fingerprint density at radius 3 is 2.42 bits per heavy atom. The Morgan fingerprint density at radius 1 is 1.32 bits per heavy atom. The standard InChI is InChI=1S/C7H6N4O3S.2C2H6/c1-13-6(12)5-11-10-4(14-5)3-2-15-7(8)9-3;2*1-2/h2H,1H3,(H2,8,9);2*1-2H3. The zero-order valence-electron chi connectivity index (χ0n) is 11.6. The van der Waals surface area contributed by atoms with Crippen molar-refractivity contribution in [1.82, 2.24) is 15.2 Å². The van der Waals surface area contributed by atoms with E-state index < -0.39 is 5.97 Å². The molecule has 0 saturated heterocycles. The molecule has 0 aliphatic heterocycles. The fourth-order valence-corrected chi connectivity index (χ4v) is 1.42. The molecule has 0 spiro atoms. The van der Waals surface area contributed by atoms with Gasteiger partial charge in [-0.15, -0.1) is 21.5 Å². The van der Waals surface area contributed by atoms with E-state index in [0.717, 1.165) is 0 Å². The first kappa shape index (κ1) is 17.0. The summed E-state index contributed by atoms with van der Waals surface area (Å²) in [7, 11) is 1.23. The molecular weight excluding hydrogens is 268 g/mol. The van der Waals surface area contributed by atoms with Gasteiger partial charge in [-0.1, -0.05) is 27.7 Å². The molecule has 2 heterocycles. The maximum atomic E-state index is 11.0. The number of rotatable bonds is 2. The van der Waals surface area contributed by atoms with Crippen molar-refractivity contribution in [1.29, 1.82) is 0 Å². The van der Waals surface area contributed by atoms with Gasteiger partial charge in [0, 0.05) is 5.38 Å². The average Bonchev–Trinajstić information content (AvgIpc) is 3.11. The largest absolute Gasteiger partial charge is 0.462 e. The Bertz CT molecular complexity index is 496. The number of nitrogens with two attached hydrogens (primary N) is 1. The van der Waals surface area contributed by atoms with Crippen molar-refractivity contribution in [3.8, 4) is 11.6 Å². The Morgan fingerprint density at radius 2 is 1.95 bits per heavy atom. The number of ether oxygens (including phenoxy) is 1. The minimum absolute atomic E-state index is 0.142.